The van der Waals surface area contributed by atoms with Crippen LogP contribution in [0.5, 0.6) is 0 Å². The molecule has 0 saturated carbocycles. The second-order valence-electron chi connectivity index (χ2n) is 4.54. The van der Waals surface area contributed by atoms with Gasteiger partial charge < -0.3 is 0 Å². The van der Waals surface area contributed by atoms with Crippen molar-refractivity contribution < 1.29 is 16.5 Å². The molecular formula is C16H24NiSi. The van der Waals surface area contributed by atoms with E-state index in [4.69, 9.17) is 0 Å². The van der Waals surface area contributed by atoms with Crippen molar-refractivity contribution >= 4 is 8.07 Å². The molecular weight excluding hydrogens is 279 g/mol. The summed E-state index contributed by atoms with van der Waals surface area (Å²) < 4.78 is 0. The minimum atomic E-state index is -1.07. The average Bonchev–Trinajstić information content (AvgIpc) is 3.08. The standard InChI is InChI=1S/C11H19Si.C5H5.Ni/c1-4-12(5-2,6-3)11-9-7-8-10-11;1-2-4-5-3-1;/h7,9H,4-6,8H2,1-3H3;1-3H,4H2;/q2*-1;+2. The van der Waals surface area contributed by atoms with E-state index in [1.807, 2.05) is 12.2 Å². The fourth-order valence-electron chi connectivity index (χ4n) is 2.43. The van der Waals surface area contributed by atoms with E-state index in [-0.39, 0.29) is 16.5 Å². The van der Waals surface area contributed by atoms with Gasteiger partial charge in [-0.3, -0.25) is 12.2 Å². The van der Waals surface area contributed by atoms with Crippen molar-refractivity contribution in [3.8, 4) is 0 Å². The molecule has 0 saturated heterocycles. The van der Waals surface area contributed by atoms with E-state index >= 15 is 0 Å². The van der Waals surface area contributed by atoms with Gasteiger partial charge in [0.1, 0.15) is 0 Å². The fraction of sp³-hybridized carbons (Fsp3) is 0.500. The van der Waals surface area contributed by atoms with Crippen LogP contribution < -0.4 is 0 Å². The predicted octanol–water partition coefficient (Wildman–Crippen LogP) is 5.03. The summed E-state index contributed by atoms with van der Waals surface area (Å²) in [6.45, 7) is 7.04. The van der Waals surface area contributed by atoms with Gasteiger partial charge in [0.15, 0.2) is 0 Å². The molecule has 0 aliphatic heterocycles. The molecule has 2 aliphatic rings. The van der Waals surface area contributed by atoms with Gasteiger partial charge in [-0.1, -0.05) is 38.9 Å². The Morgan fingerprint density at radius 1 is 1.06 bits per heavy atom. The van der Waals surface area contributed by atoms with Crippen molar-refractivity contribution in [2.24, 2.45) is 0 Å². The molecule has 2 aliphatic carbocycles. The summed E-state index contributed by atoms with van der Waals surface area (Å²) in [5.41, 5.74) is 0. The molecule has 0 unspecified atom stereocenters. The first-order valence-electron chi connectivity index (χ1n) is 6.78. The molecule has 0 amide bonds. The van der Waals surface area contributed by atoms with Gasteiger partial charge >= 0.3 is 16.5 Å². The van der Waals surface area contributed by atoms with Crippen molar-refractivity contribution in [1.82, 2.24) is 0 Å². The van der Waals surface area contributed by atoms with Gasteiger partial charge in [0, 0.05) is 8.07 Å². The summed E-state index contributed by atoms with van der Waals surface area (Å²) in [7, 11) is -1.07. The first-order chi connectivity index (χ1) is 8.29. The molecule has 0 heterocycles. The monoisotopic (exact) mass is 302 g/mol. The Hall–Kier alpha value is -0.330. The molecule has 2 rings (SSSR count). The zero-order chi connectivity index (χ0) is 12.6. The van der Waals surface area contributed by atoms with E-state index in [1.165, 1.54) is 18.1 Å². The number of allylic oxidation sites excluding steroid dienone is 8. The van der Waals surface area contributed by atoms with Crippen LogP contribution in [-0.2, 0) is 16.5 Å². The van der Waals surface area contributed by atoms with E-state index < -0.39 is 8.07 Å². The zero-order valence-electron chi connectivity index (χ0n) is 11.7. The minimum Gasteiger partial charge on any atom is -0.274 e. The Bertz CT molecular complexity index is 315. The largest absolute Gasteiger partial charge is 2.00 e. The van der Waals surface area contributed by atoms with Crippen molar-refractivity contribution in [3.63, 3.8) is 0 Å². The normalized spacial score (nSPS) is 16.1. The van der Waals surface area contributed by atoms with E-state index in [2.05, 4.69) is 51.2 Å². The molecule has 0 N–H and O–H groups in total. The van der Waals surface area contributed by atoms with Crippen LogP contribution in [0.1, 0.15) is 33.6 Å². The van der Waals surface area contributed by atoms with Crippen LogP contribution in [0.3, 0.4) is 0 Å². The van der Waals surface area contributed by atoms with Crippen molar-refractivity contribution in [3.05, 3.63) is 47.7 Å². The summed E-state index contributed by atoms with van der Waals surface area (Å²) in [6, 6.07) is 4.14. The van der Waals surface area contributed by atoms with E-state index in [0.29, 0.717) is 0 Å². The second kappa shape index (κ2) is 9.58. The van der Waals surface area contributed by atoms with Gasteiger partial charge in [-0.15, -0.1) is 12.8 Å². The Kier molecular flexibility index (Phi) is 9.41. The summed E-state index contributed by atoms with van der Waals surface area (Å²) >= 11 is 0. The van der Waals surface area contributed by atoms with Gasteiger partial charge in [0.05, 0.1) is 0 Å². The van der Waals surface area contributed by atoms with Crippen LogP contribution in [-0.4, -0.2) is 8.07 Å². The Labute approximate surface area is 124 Å². The van der Waals surface area contributed by atoms with Crippen LogP contribution in [0.15, 0.2) is 35.6 Å². The summed E-state index contributed by atoms with van der Waals surface area (Å²) in [6.07, 6.45) is 19.1. The van der Waals surface area contributed by atoms with Crippen LogP contribution in [0.2, 0.25) is 18.1 Å². The van der Waals surface area contributed by atoms with E-state index in [0.717, 1.165) is 12.8 Å². The Balaban J connectivity index is 0.000000405. The molecule has 0 aromatic carbocycles. The predicted molar refractivity (Wildman–Crippen MR) is 79.3 cm³/mol. The van der Waals surface area contributed by atoms with Crippen molar-refractivity contribution in [1.29, 1.82) is 0 Å². The molecule has 2 heteroatoms. The van der Waals surface area contributed by atoms with Crippen LogP contribution in [0.4, 0.5) is 0 Å². The first kappa shape index (κ1) is 17.7. The average molecular weight is 303 g/mol. The maximum Gasteiger partial charge on any atom is 2.00 e. The van der Waals surface area contributed by atoms with Crippen LogP contribution in [0.25, 0.3) is 0 Å². The third kappa shape index (κ3) is 4.74. The zero-order valence-corrected chi connectivity index (χ0v) is 13.7. The third-order valence-electron chi connectivity index (χ3n) is 3.88. The maximum absolute atomic E-state index is 3.52. The molecule has 0 nitrogen and oxygen atoms in total. The molecule has 18 heavy (non-hydrogen) atoms. The maximum atomic E-state index is 3.52. The second-order valence-corrected chi connectivity index (χ2v) is 9.76. The van der Waals surface area contributed by atoms with E-state index in [1.54, 1.807) is 5.20 Å². The van der Waals surface area contributed by atoms with Crippen molar-refractivity contribution in [2.45, 2.75) is 51.7 Å². The molecule has 0 aromatic rings. The molecule has 0 spiro atoms. The molecule has 0 atom stereocenters. The molecule has 0 fully saturated rings. The number of hydrogen-bond donors (Lipinski definition) is 0. The molecule has 0 bridgehead atoms. The summed E-state index contributed by atoms with van der Waals surface area (Å²) in [4.78, 5) is 0. The van der Waals surface area contributed by atoms with Gasteiger partial charge in [-0.2, -0.15) is 12.2 Å². The fourth-order valence-corrected chi connectivity index (χ4v) is 6.02. The summed E-state index contributed by atoms with van der Waals surface area (Å²) in [5, 5.41) is 1.59. The summed E-state index contributed by atoms with van der Waals surface area (Å²) in [5.74, 6) is 0. The molecule has 0 radical (unpaired) electrons. The molecule has 102 valence electrons. The first-order valence-corrected chi connectivity index (χ1v) is 9.40. The third-order valence-corrected chi connectivity index (χ3v) is 9.43. The number of hydrogen-bond acceptors (Lipinski definition) is 0. The smallest absolute Gasteiger partial charge is 0.274 e. The quantitative estimate of drug-likeness (QED) is 0.505. The minimum absolute atomic E-state index is 0. The number of rotatable bonds is 4. The van der Waals surface area contributed by atoms with Gasteiger partial charge in [-0.05, 0) is 0 Å². The van der Waals surface area contributed by atoms with Gasteiger partial charge in [0.2, 0.25) is 0 Å². The van der Waals surface area contributed by atoms with Gasteiger partial charge in [-0.25, -0.2) is 23.4 Å². The van der Waals surface area contributed by atoms with Crippen LogP contribution >= 0.6 is 0 Å². The molecule has 0 aromatic heterocycles. The Morgan fingerprint density at radius 2 is 1.72 bits per heavy atom. The SMILES string of the molecule is CC[Si](CC)(CC)C1=[C-]CC=C1.[C-]1=CC=CC1.[Ni+2]. The Morgan fingerprint density at radius 3 is 2.00 bits per heavy atom. The van der Waals surface area contributed by atoms with Crippen molar-refractivity contribution in [2.75, 3.05) is 0 Å². The van der Waals surface area contributed by atoms with Gasteiger partial charge in [0.25, 0.3) is 0 Å². The van der Waals surface area contributed by atoms with E-state index in [9.17, 15) is 0 Å². The van der Waals surface area contributed by atoms with Crippen LogP contribution in [0, 0.1) is 12.2 Å². The topological polar surface area (TPSA) is 0 Å².